The summed E-state index contributed by atoms with van der Waals surface area (Å²) >= 11 is 0. The Balaban J connectivity index is 2.29. The summed E-state index contributed by atoms with van der Waals surface area (Å²) < 4.78 is 37.7. The van der Waals surface area contributed by atoms with Crippen molar-refractivity contribution in [2.75, 3.05) is 28.4 Å². The van der Waals surface area contributed by atoms with Crippen LogP contribution in [0.5, 0.6) is 28.7 Å². The number of amides is 1. The standard InChI is InChI=1S/C31H41NO10/c1-30(2,3)41-28(34)21(32-29(35)42-31(4,5)6)18-26(33)40-23-15-19(13-14-22(23)36-7)11-12-20-16-24(37-8)27(39-10)25(17-20)38-9/h11-17,21H,18H2,1-10H3,(H,32,35)/b12-11+. The van der Waals surface area contributed by atoms with Crippen molar-refractivity contribution in [3.63, 3.8) is 0 Å². The molecule has 0 spiro atoms. The van der Waals surface area contributed by atoms with Gasteiger partial charge in [-0.15, -0.1) is 0 Å². The third-order valence-corrected chi connectivity index (χ3v) is 5.32. The number of rotatable bonds is 11. The SMILES string of the molecule is COc1ccc(/C=C/c2cc(OC)c(OC)c(OC)c2)cc1OC(=O)CC(NC(=O)OC(C)(C)C)C(=O)OC(C)(C)C. The first kappa shape index (κ1) is 33.8. The Morgan fingerprint density at radius 2 is 1.24 bits per heavy atom. The fourth-order valence-electron chi connectivity index (χ4n) is 3.61. The highest BCUT2D eigenvalue weighted by Gasteiger charge is 2.31. The lowest BCUT2D eigenvalue weighted by Crippen LogP contribution is -2.47. The summed E-state index contributed by atoms with van der Waals surface area (Å²) in [6.45, 7) is 10.1. The van der Waals surface area contributed by atoms with Gasteiger partial charge in [0.1, 0.15) is 17.2 Å². The number of hydrogen-bond donors (Lipinski definition) is 1. The Morgan fingerprint density at radius 1 is 0.714 bits per heavy atom. The van der Waals surface area contributed by atoms with Crippen LogP contribution >= 0.6 is 0 Å². The van der Waals surface area contributed by atoms with E-state index >= 15 is 0 Å². The zero-order valence-electron chi connectivity index (χ0n) is 25.9. The molecule has 0 fully saturated rings. The smallest absolute Gasteiger partial charge is 0.408 e. The topological polar surface area (TPSA) is 128 Å². The molecule has 1 atom stereocenters. The number of benzene rings is 2. The van der Waals surface area contributed by atoms with Gasteiger partial charge >= 0.3 is 18.0 Å². The number of carbonyl (C=O) groups excluding carboxylic acids is 3. The first-order valence-corrected chi connectivity index (χ1v) is 13.2. The summed E-state index contributed by atoms with van der Waals surface area (Å²) in [5.41, 5.74) is -0.210. The molecule has 1 amide bonds. The van der Waals surface area contributed by atoms with Crippen molar-refractivity contribution in [2.45, 2.75) is 65.2 Å². The van der Waals surface area contributed by atoms with Crippen LogP contribution in [0.15, 0.2) is 30.3 Å². The van der Waals surface area contributed by atoms with Crippen molar-refractivity contribution in [3.8, 4) is 28.7 Å². The first-order valence-electron chi connectivity index (χ1n) is 13.2. The van der Waals surface area contributed by atoms with Crippen molar-refractivity contribution in [1.29, 1.82) is 0 Å². The molecule has 0 bridgehead atoms. The van der Waals surface area contributed by atoms with Crippen LogP contribution < -0.4 is 29.0 Å². The average Bonchev–Trinajstić information content (AvgIpc) is 2.88. The highest BCUT2D eigenvalue weighted by molar-refractivity contribution is 5.87. The minimum Gasteiger partial charge on any atom is -0.493 e. The highest BCUT2D eigenvalue weighted by atomic mass is 16.6. The second-order valence-electron chi connectivity index (χ2n) is 11.1. The molecule has 2 rings (SSSR count). The van der Waals surface area contributed by atoms with Crippen LogP contribution in [0.2, 0.25) is 0 Å². The molecule has 0 radical (unpaired) electrons. The van der Waals surface area contributed by atoms with Crippen LogP contribution in [0.4, 0.5) is 4.79 Å². The lowest BCUT2D eigenvalue weighted by atomic mass is 10.1. The Kier molecular flexibility index (Phi) is 11.6. The Bertz CT molecular complexity index is 1260. The van der Waals surface area contributed by atoms with Gasteiger partial charge in [0.25, 0.3) is 0 Å². The molecule has 2 aromatic rings. The van der Waals surface area contributed by atoms with E-state index in [0.717, 1.165) is 5.56 Å². The van der Waals surface area contributed by atoms with Gasteiger partial charge in [-0.2, -0.15) is 0 Å². The van der Waals surface area contributed by atoms with E-state index in [9.17, 15) is 14.4 Å². The number of carbonyl (C=O) groups is 3. The van der Waals surface area contributed by atoms with Gasteiger partial charge in [-0.3, -0.25) is 4.79 Å². The van der Waals surface area contributed by atoms with Crippen molar-refractivity contribution in [2.24, 2.45) is 0 Å². The molecule has 1 unspecified atom stereocenters. The van der Waals surface area contributed by atoms with Gasteiger partial charge in [-0.25, -0.2) is 9.59 Å². The molecular weight excluding hydrogens is 546 g/mol. The van der Waals surface area contributed by atoms with Crippen LogP contribution in [0.25, 0.3) is 12.2 Å². The Labute approximate surface area is 247 Å². The largest absolute Gasteiger partial charge is 0.493 e. The van der Waals surface area contributed by atoms with Gasteiger partial charge in [-0.1, -0.05) is 18.2 Å². The van der Waals surface area contributed by atoms with E-state index in [1.807, 2.05) is 6.08 Å². The lowest BCUT2D eigenvalue weighted by Gasteiger charge is -2.26. The van der Waals surface area contributed by atoms with Crippen molar-refractivity contribution in [3.05, 3.63) is 41.5 Å². The predicted molar refractivity (Wildman–Crippen MR) is 157 cm³/mol. The third kappa shape index (κ3) is 10.5. The van der Waals surface area contributed by atoms with Gasteiger partial charge in [-0.05, 0) is 76.9 Å². The molecule has 11 heteroatoms. The molecule has 11 nitrogen and oxygen atoms in total. The quantitative estimate of drug-likeness (QED) is 0.207. The minimum atomic E-state index is -1.35. The maximum atomic E-state index is 13.0. The number of methoxy groups -OCH3 is 4. The van der Waals surface area contributed by atoms with Crippen LogP contribution in [0, 0.1) is 0 Å². The van der Waals surface area contributed by atoms with Gasteiger partial charge in [0.05, 0.1) is 34.9 Å². The Morgan fingerprint density at radius 3 is 1.74 bits per heavy atom. The molecule has 0 aliphatic carbocycles. The molecule has 0 saturated carbocycles. The summed E-state index contributed by atoms with van der Waals surface area (Å²) in [5, 5.41) is 2.41. The lowest BCUT2D eigenvalue weighted by molar-refractivity contribution is -0.159. The van der Waals surface area contributed by atoms with Crippen LogP contribution in [-0.4, -0.2) is 63.7 Å². The number of nitrogens with one attached hydrogen (secondary N) is 1. The fraction of sp³-hybridized carbons (Fsp3) is 0.452. The van der Waals surface area contributed by atoms with Crippen LogP contribution in [0.1, 0.15) is 59.1 Å². The maximum Gasteiger partial charge on any atom is 0.408 e. The van der Waals surface area contributed by atoms with E-state index in [4.69, 9.17) is 33.2 Å². The molecule has 0 saturated heterocycles. The summed E-state index contributed by atoms with van der Waals surface area (Å²) in [6, 6.07) is 7.25. The summed E-state index contributed by atoms with van der Waals surface area (Å²) in [7, 11) is 6.03. The molecule has 0 aliphatic rings. The molecule has 0 aliphatic heterocycles. The van der Waals surface area contributed by atoms with E-state index in [2.05, 4.69) is 5.32 Å². The zero-order chi connectivity index (χ0) is 31.7. The van der Waals surface area contributed by atoms with E-state index in [-0.39, 0.29) is 5.75 Å². The molecular formula is C31H41NO10. The van der Waals surface area contributed by atoms with Gasteiger partial charge < -0.3 is 38.5 Å². The highest BCUT2D eigenvalue weighted by Crippen LogP contribution is 2.39. The summed E-state index contributed by atoms with van der Waals surface area (Å²) in [4.78, 5) is 38.2. The normalized spacial score (nSPS) is 12.2. The minimum absolute atomic E-state index is 0.120. The van der Waals surface area contributed by atoms with E-state index in [0.29, 0.717) is 28.6 Å². The van der Waals surface area contributed by atoms with E-state index in [1.54, 1.807) is 78.0 Å². The monoisotopic (exact) mass is 587 g/mol. The zero-order valence-corrected chi connectivity index (χ0v) is 25.9. The van der Waals surface area contributed by atoms with Crippen LogP contribution in [0.3, 0.4) is 0 Å². The van der Waals surface area contributed by atoms with Gasteiger partial charge in [0.2, 0.25) is 5.75 Å². The maximum absolute atomic E-state index is 13.0. The third-order valence-electron chi connectivity index (χ3n) is 5.32. The molecule has 0 aromatic heterocycles. The van der Waals surface area contributed by atoms with E-state index in [1.165, 1.54) is 28.4 Å². The first-order chi connectivity index (χ1) is 19.6. The van der Waals surface area contributed by atoms with Crippen molar-refractivity contribution < 1.29 is 47.5 Å². The van der Waals surface area contributed by atoms with Crippen molar-refractivity contribution >= 4 is 30.2 Å². The van der Waals surface area contributed by atoms with E-state index < -0.39 is 41.7 Å². The molecule has 1 N–H and O–H groups in total. The van der Waals surface area contributed by atoms with Gasteiger partial charge in [0.15, 0.2) is 23.0 Å². The van der Waals surface area contributed by atoms with Crippen LogP contribution in [-0.2, 0) is 19.1 Å². The van der Waals surface area contributed by atoms with Crippen molar-refractivity contribution in [1.82, 2.24) is 5.32 Å². The summed E-state index contributed by atoms with van der Waals surface area (Å²) in [5.74, 6) is 0.282. The summed E-state index contributed by atoms with van der Waals surface area (Å²) in [6.07, 6.45) is 2.23. The average molecular weight is 588 g/mol. The molecule has 2 aromatic carbocycles. The molecule has 42 heavy (non-hydrogen) atoms. The second kappa shape index (κ2) is 14.5. The Hall–Kier alpha value is -4.41. The van der Waals surface area contributed by atoms with Gasteiger partial charge in [0, 0.05) is 0 Å². The number of ether oxygens (including phenoxy) is 7. The number of hydrogen-bond acceptors (Lipinski definition) is 10. The second-order valence-corrected chi connectivity index (χ2v) is 11.1. The fourth-order valence-corrected chi connectivity index (χ4v) is 3.61. The molecule has 0 heterocycles. The number of esters is 2. The number of alkyl carbamates (subject to hydrolysis) is 1. The predicted octanol–water partition coefficient (Wildman–Crippen LogP) is 5.42. The molecule has 230 valence electrons.